The summed E-state index contributed by atoms with van der Waals surface area (Å²) in [4.78, 5) is 9.32. The Labute approximate surface area is 230 Å². The molecule has 38 heavy (non-hydrogen) atoms. The van der Waals surface area contributed by atoms with Crippen molar-refractivity contribution in [1.82, 2.24) is 29.1 Å². The number of fused-ring (bicyclic) bond motifs is 9. The van der Waals surface area contributed by atoms with Crippen LogP contribution in [0.3, 0.4) is 0 Å². The van der Waals surface area contributed by atoms with E-state index >= 15 is 0 Å². The van der Waals surface area contributed by atoms with Crippen molar-refractivity contribution in [2.24, 2.45) is 0 Å². The van der Waals surface area contributed by atoms with Crippen LogP contribution >= 0.6 is 0 Å². The molecule has 8 rings (SSSR count). The maximum atomic E-state index is 6.25. The topological polar surface area (TPSA) is 70.1 Å². The predicted octanol–water partition coefficient (Wildman–Crippen LogP) is 6.31. The van der Waals surface area contributed by atoms with E-state index in [1.54, 1.807) is 18.7 Å². The molecule has 5 aromatic heterocycles. The molecule has 0 fully saturated rings. The summed E-state index contributed by atoms with van der Waals surface area (Å²) in [6.45, 7) is 0. The van der Waals surface area contributed by atoms with Gasteiger partial charge in [-0.15, -0.1) is 23.3 Å². The van der Waals surface area contributed by atoms with Crippen LogP contribution in [0.5, 0.6) is 11.5 Å². The van der Waals surface area contributed by atoms with Gasteiger partial charge < -0.3 is 18.7 Å². The minimum Gasteiger partial charge on any atom is -0.501 e. The molecular weight excluding hydrogens is 655 g/mol. The fraction of sp³-hybridized carbons (Fsp3) is 0. The molecule has 0 radical (unpaired) electrons. The summed E-state index contributed by atoms with van der Waals surface area (Å²) in [5.41, 5.74) is 4.42. The molecule has 182 valence electrons. The molecule has 0 saturated carbocycles. The van der Waals surface area contributed by atoms with Gasteiger partial charge in [0.2, 0.25) is 0 Å². The zero-order valence-corrected chi connectivity index (χ0v) is 21.9. The quantitative estimate of drug-likeness (QED) is 0.163. The van der Waals surface area contributed by atoms with Crippen molar-refractivity contribution in [3.8, 4) is 17.3 Å². The van der Waals surface area contributed by atoms with Gasteiger partial charge >= 0.3 is 21.1 Å². The van der Waals surface area contributed by atoms with Crippen LogP contribution in [-0.2, 0) is 21.1 Å². The maximum Gasteiger partial charge on any atom is 2.00 e. The van der Waals surface area contributed by atoms with E-state index in [0.717, 1.165) is 55.1 Å². The van der Waals surface area contributed by atoms with E-state index in [4.69, 9.17) is 9.72 Å². The molecule has 8 aromatic rings. The Morgan fingerprint density at radius 2 is 1.53 bits per heavy atom. The fourth-order valence-electron chi connectivity index (χ4n) is 5.06. The van der Waals surface area contributed by atoms with Gasteiger partial charge in [0, 0.05) is 28.7 Å². The molecule has 0 spiro atoms. The Balaban J connectivity index is 0.00000242. The second-order valence-corrected chi connectivity index (χ2v) is 8.74. The first-order chi connectivity index (χ1) is 18.3. The van der Waals surface area contributed by atoms with Crippen LogP contribution in [0.2, 0.25) is 0 Å². The summed E-state index contributed by atoms with van der Waals surface area (Å²) in [5, 5.41) is 12.5. The molecule has 0 aliphatic rings. The smallest absolute Gasteiger partial charge is 0.501 e. The number of hydrogen-bond acceptors (Lipinski definition) is 5. The monoisotopic (exact) mass is 671 g/mol. The third-order valence-corrected chi connectivity index (χ3v) is 6.64. The van der Waals surface area contributed by atoms with Crippen LogP contribution in [-0.4, -0.2) is 29.1 Å². The Bertz CT molecular complexity index is 2130. The van der Waals surface area contributed by atoms with Crippen LogP contribution in [0.15, 0.2) is 97.6 Å². The van der Waals surface area contributed by atoms with Gasteiger partial charge in [0.25, 0.3) is 0 Å². The molecule has 3 aromatic carbocycles. The van der Waals surface area contributed by atoms with Crippen molar-refractivity contribution in [2.75, 3.05) is 0 Å². The summed E-state index contributed by atoms with van der Waals surface area (Å²) in [6, 6.07) is 33.0. The van der Waals surface area contributed by atoms with E-state index in [9.17, 15) is 0 Å². The van der Waals surface area contributed by atoms with E-state index in [2.05, 4.69) is 56.1 Å². The van der Waals surface area contributed by atoms with Gasteiger partial charge in [-0.25, -0.2) is 4.98 Å². The van der Waals surface area contributed by atoms with Crippen molar-refractivity contribution in [3.63, 3.8) is 0 Å². The molecule has 0 bridgehead atoms. The maximum absolute atomic E-state index is 6.25. The summed E-state index contributed by atoms with van der Waals surface area (Å²) in [6.07, 6.45) is 5.20. The van der Waals surface area contributed by atoms with Crippen molar-refractivity contribution >= 4 is 49.3 Å². The normalized spacial score (nSPS) is 11.5. The van der Waals surface area contributed by atoms with E-state index in [1.807, 2.05) is 59.0 Å². The van der Waals surface area contributed by atoms with Gasteiger partial charge in [-0.05, 0) is 52.3 Å². The zero-order valence-electron chi connectivity index (χ0n) is 19.6. The van der Waals surface area contributed by atoms with Gasteiger partial charge in [0.1, 0.15) is 12.1 Å². The summed E-state index contributed by atoms with van der Waals surface area (Å²) >= 11 is 0. The molecule has 0 saturated heterocycles. The largest absolute Gasteiger partial charge is 2.00 e. The molecular formula is C30H16N6OPt. The average molecular weight is 672 g/mol. The third-order valence-electron chi connectivity index (χ3n) is 6.64. The first-order valence-corrected chi connectivity index (χ1v) is 11.8. The first-order valence-electron chi connectivity index (χ1n) is 11.8. The van der Waals surface area contributed by atoms with Crippen molar-refractivity contribution in [2.45, 2.75) is 0 Å². The number of para-hydroxylation sites is 2. The second-order valence-electron chi connectivity index (χ2n) is 8.74. The van der Waals surface area contributed by atoms with Gasteiger partial charge in [-0.1, -0.05) is 59.3 Å². The Morgan fingerprint density at radius 3 is 2.39 bits per heavy atom. The van der Waals surface area contributed by atoms with Gasteiger partial charge in [-0.3, -0.25) is 0 Å². The van der Waals surface area contributed by atoms with Crippen molar-refractivity contribution in [3.05, 3.63) is 110 Å². The number of ether oxygens (including phenoxy) is 1. The predicted molar refractivity (Wildman–Crippen MR) is 142 cm³/mol. The Kier molecular flexibility index (Phi) is 5.20. The molecule has 0 amide bonds. The first kappa shape index (κ1) is 22.6. The summed E-state index contributed by atoms with van der Waals surface area (Å²) < 4.78 is 10.3. The molecule has 0 aliphatic carbocycles. The third kappa shape index (κ3) is 3.32. The molecule has 0 N–H and O–H groups in total. The number of benzene rings is 3. The van der Waals surface area contributed by atoms with E-state index < -0.39 is 0 Å². The number of nitrogens with zero attached hydrogens (tertiary/aromatic N) is 6. The molecule has 8 heteroatoms. The Morgan fingerprint density at radius 1 is 0.711 bits per heavy atom. The van der Waals surface area contributed by atoms with Crippen LogP contribution in [0.25, 0.3) is 55.1 Å². The van der Waals surface area contributed by atoms with Crippen LogP contribution in [0, 0.1) is 12.1 Å². The minimum atomic E-state index is 0. The summed E-state index contributed by atoms with van der Waals surface area (Å²) in [5.74, 6) is 1.83. The number of aromatic nitrogens is 6. The van der Waals surface area contributed by atoms with Crippen LogP contribution in [0.4, 0.5) is 0 Å². The molecule has 7 nitrogen and oxygen atoms in total. The van der Waals surface area contributed by atoms with E-state index in [-0.39, 0.29) is 21.1 Å². The number of rotatable bonds is 3. The van der Waals surface area contributed by atoms with Gasteiger partial charge in [0.05, 0.1) is 5.65 Å². The van der Waals surface area contributed by atoms with Crippen molar-refractivity contribution < 1.29 is 25.8 Å². The second kappa shape index (κ2) is 8.75. The molecule has 0 unspecified atom stereocenters. The van der Waals surface area contributed by atoms with Gasteiger partial charge in [-0.2, -0.15) is 5.10 Å². The minimum absolute atomic E-state index is 0. The molecule has 0 atom stereocenters. The summed E-state index contributed by atoms with van der Waals surface area (Å²) in [7, 11) is 0. The fourth-order valence-corrected chi connectivity index (χ4v) is 5.06. The van der Waals surface area contributed by atoms with Crippen molar-refractivity contribution in [1.29, 1.82) is 0 Å². The standard InChI is InChI=1S/C30H16N6O.Pt/c1-3-9-25-22(7-1)21-13-12-19(15-24(21)30-34-33-18-35(25)30)37-20-16-27-29(32-17-20)23-8-2-4-10-26(23)36(27)28-11-5-6-14-31-28;/h1-14,17-18H;/q-2;+2. The molecule has 5 heterocycles. The number of pyridine rings is 3. The van der Waals surface area contributed by atoms with E-state index in [1.165, 1.54) is 0 Å². The van der Waals surface area contributed by atoms with E-state index in [0.29, 0.717) is 11.5 Å². The van der Waals surface area contributed by atoms with Gasteiger partial charge in [0.15, 0.2) is 0 Å². The zero-order chi connectivity index (χ0) is 24.3. The average Bonchev–Trinajstić information content (AvgIpc) is 3.57. The van der Waals surface area contributed by atoms with Crippen LogP contribution in [0.1, 0.15) is 0 Å². The SMILES string of the molecule is [Pt+2].[c-]1c(Oc2[c-]c3c(nc2)c2ccccc2n3-c2ccccn2)ccc2c1c1nncn1c1ccccc21. The molecule has 0 aliphatic heterocycles. The number of hydrogen-bond donors (Lipinski definition) is 0. The van der Waals surface area contributed by atoms with Crippen LogP contribution < -0.4 is 4.74 Å². The Hall–Kier alpha value is -4.61.